The van der Waals surface area contributed by atoms with Gasteiger partial charge in [-0.3, -0.25) is 13.9 Å². The van der Waals surface area contributed by atoms with E-state index in [4.69, 9.17) is 4.74 Å². The fraction of sp³-hybridized carbons (Fsp3) is 0.333. The topological polar surface area (TPSA) is 105 Å². The van der Waals surface area contributed by atoms with Gasteiger partial charge in [0.25, 0.3) is 5.91 Å². The van der Waals surface area contributed by atoms with E-state index < -0.39 is 22.5 Å². The molecule has 0 saturated heterocycles. The molecule has 0 spiro atoms. The fourth-order valence-corrected chi connectivity index (χ4v) is 3.59. The average molecular weight is 434 g/mol. The van der Waals surface area contributed by atoms with Crippen molar-refractivity contribution in [1.29, 1.82) is 0 Å². The molecule has 2 amide bonds. The Morgan fingerprint density at radius 2 is 1.73 bits per heavy atom. The van der Waals surface area contributed by atoms with Gasteiger partial charge in [-0.25, -0.2) is 8.42 Å². The molecule has 0 aliphatic carbocycles. The number of para-hydroxylation sites is 3. The Kier molecular flexibility index (Phi) is 7.82. The molecule has 30 heavy (non-hydrogen) atoms. The van der Waals surface area contributed by atoms with Crippen molar-refractivity contribution in [2.45, 2.75) is 26.3 Å². The summed E-state index contributed by atoms with van der Waals surface area (Å²) in [6.07, 6.45) is 1.78. The molecule has 0 bridgehead atoms. The largest absolute Gasteiger partial charge is 0.495 e. The van der Waals surface area contributed by atoms with Crippen molar-refractivity contribution in [3.8, 4) is 5.75 Å². The molecule has 8 nitrogen and oxygen atoms in total. The first-order valence-corrected chi connectivity index (χ1v) is 11.3. The van der Waals surface area contributed by atoms with Crippen LogP contribution in [0, 0.1) is 0 Å². The number of nitrogens with zero attached hydrogens (tertiary/aromatic N) is 1. The van der Waals surface area contributed by atoms with Crippen molar-refractivity contribution in [3.05, 3.63) is 54.1 Å². The fourth-order valence-electron chi connectivity index (χ4n) is 2.73. The predicted molar refractivity (Wildman–Crippen MR) is 117 cm³/mol. The van der Waals surface area contributed by atoms with Crippen LogP contribution in [0.25, 0.3) is 0 Å². The number of amides is 2. The van der Waals surface area contributed by atoms with Crippen LogP contribution in [0.4, 0.5) is 11.4 Å². The highest BCUT2D eigenvalue weighted by Crippen LogP contribution is 2.29. The van der Waals surface area contributed by atoms with Gasteiger partial charge in [0.1, 0.15) is 12.3 Å². The number of anilines is 2. The van der Waals surface area contributed by atoms with Crippen LogP contribution in [-0.4, -0.2) is 46.2 Å². The van der Waals surface area contributed by atoms with Crippen LogP contribution in [0.15, 0.2) is 48.5 Å². The van der Waals surface area contributed by atoms with Gasteiger partial charge in [-0.2, -0.15) is 0 Å². The summed E-state index contributed by atoms with van der Waals surface area (Å²) in [5.74, 6) is -0.580. The first-order chi connectivity index (χ1) is 14.2. The van der Waals surface area contributed by atoms with Gasteiger partial charge in [-0.05, 0) is 37.6 Å². The van der Waals surface area contributed by atoms with Crippen LogP contribution >= 0.6 is 0 Å². The van der Waals surface area contributed by atoms with E-state index in [1.807, 2.05) is 13.8 Å². The lowest BCUT2D eigenvalue weighted by atomic mass is 10.1. The molecule has 0 radical (unpaired) electrons. The molecule has 0 unspecified atom stereocenters. The third-order valence-corrected chi connectivity index (χ3v) is 5.60. The summed E-state index contributed by atoms with van der Waals surface area (Å²) in [7, 11) is -2.35. The first kappa shape index (κ1) is 23.2. The Bertz CT molecular complexity index is 1010. The van der Waals surface area contributed by atoms with Gasteiger partial charge in [-0.1, -0.05) is 31.2 Å². The number of ether oxygens (including phenoxy) is 1. The molecule has 0 fully saturated rings. The van der Waals surface area contributed by atoms with E-state index in [0.29, 0.717) is 17.0 Å². The zero-order valence-corrected chi connectivity index (χ0v) is 18.3. The van der Waals surface area contributed by atoms with Gasteiger partial charge >= 0.3 is 0 Å². The van der Waals surface area contributed by atoms with E-state index in [-0.39, 0.29) is 17.6 Å². The number of nitrogens with one attached hydrogen (secondary N) is 2. The molecule has 2 aromatic carbocycles. The van der Waals surface area contributed by atoms with Crippen molar-refractivity contribution >= 4 is 33.2 Å². The van der Waals surface area contributed by atoms with Crippen molar-refractivity contribution in [3.63, 3.8) is 0 Å². The van der Waals surface area contributed by atoms with E-state index in [1.54, 1.807) is 48.5 Å². The standard InChI is InChI=1S/C21H27N3O5S/c1-5-15(2)22-21(26)16-10-6-7-11-17(16)23-20(25)14-24(30(4,27)28)18-12-8-9-13-19(18)29-3/h6-13,15H,5,14H2,1-4H3,(H,22,26)(H,23,25)/t15-/m0/s1. The lowest BCUT2D eigenvalue weighted by molar-refractivity contribution is -0.114. The highest BCUT2D eigenvalue weighted by molar-refractivity contribution is 7.92. The lowest BCUT2D eigenvalue weighted by Gasteiger charge is -2.24. The summed E-state index contributed by atoms with van der Waals surface area (Å²) in [5, 5.41) is 5.50. The molecule has 0 aliphatic heterocycles. The van der Waals surface area contributed by atoms with Crippen LogP contribution in [-0.2, 0) is 14.8 Å². The Morgan fingerprint density at radius 1 is 1.10 bits per heavy atom. The molecule has 0 aromatic heterocycles. The maximum absolute atomic E-state index is 12.7. The minimum Gasteiger partial charge on any atom is -0.495 e. The van der Waals surface area contributed by atoms with E-state index in [0.717, 1.165) is 17.0 Å². The Hall–Kier alpha value is -3.07. The van der Waals surface area contributed by atoms with Gasteiger partial charge in [-0.15, -0.1) is 0 Å². The van der Waals surface area contributed by atoms with Gasteiger partial charge in [0.15, 0.2) is 0 Å². The summed E-state index contributed by atoms with van der Waals surface area (Å²) in [6.45, 7) is 3.37. The maximum Gasteiger partial charge on any atom is 0.253 e. The molecule has 2 rings (SSSR count). The zero-order valence-electron chi connectivity index (χ0n) is 17.5. The second kappa shape index (κ2) is 10.1. The number of sulfonamides is 1. The highest BCUT2D eigenvalue weighted by atomic mass is 32.2. The second-order valence-electron chi connectivity index (χ2n) is 6.82. The molecule has 0 heterocycles. The molecule has 0 aliphatic rings. The number of benzene rings is 2. The molecule has 162 valence electrons. The summed E-state index contributed by atoms with van der Waals surface area (Å²) in [6, 6.07) is 13.1. The quantitative estimate of drug-likeness (QED) is 0.633. The second-order valence-corrected chi connectivity index (χ2v) is 8.72. The third kappa shape index (κ3) is 5.96. The van der Waals surface area contributed by atoms with Crippen LogP contribution in [0.2, 0.25) is 0 Å². The molecule has 0 saturated carbocycles. The summed E-state index contributed by atoms with van der Waals surface area (Å²) in [4.78, 5) is 25.2. The Labute approximate surface area is 177 Å². The SMILES string of the molecule is CC[C@H](C)NC(=O)c1ccccc1NC(=O)CN(c1ccccc1OC)S(C)(=O)=O. The van der Waals surface area contributed by atoms with Crippen LogP contribution in [0.1, 0.15) is 30.6 Å². The molecular formula is C21H27N3O5S. The summed E-state index contributed by atoms with van der Waals surface area (Å²) >= 11 is 0. The monoisotopic (exact) mass is 433 g/mol. The van der Waals surface area contributed by atoms with Gasteiger partial charge in [0, 0.05) is 6.04 Å². The molecule has 2 N–H and O–H groups in total. The number of carbonyl (C=O) groups excluding carboxylic acids is 2. The lowest BCUT2D eigenvalue weighted by Crippen LogP contribution is -2.38. The number of carbonyl (C=O) groups is 2. The van der Waals surface area contributed by atoms with Crippen LogP contribution in [0.5, 0.6) is 5.75 Å². The van der Waals surface area contributed by atoms with Crippen molar-refractivity contribution in [2.75, 3.05) is 29.5 Å². The maximum atomic E-state index is 12.7. The average Bonchev–Trinajstić information content (AvgIpc) is 2.71. The molecule has 2 aromatic rings. The van der Waals surface area contributed by atoms with Crippen molar-refractivity contribution in [2.24, 2.45) is 0 Å². The van der Waals surface area contributed by atoms with E-state index in [1.165, 1.54) is 7.11 Å². The summed E-state index contributed by atoms with van der Waals surface area (Å²) in [5.41, 5.74) is 0.853. The highest BCUT2D eigenvalue weighted by Gasteiger charge is 2.24. The smallest absolute Gasteiger partial charge is 0.253 e. The van der Waals surface area contributed by atoms with Crippen LogP contribution < -0.4 is 19.7 Å². The van der Waals surface area contributed by atoms with Crippen LogP contribution in [0.3, 0.4) is 0 Å². The Balaban J connectivity index is 2.26. The zero-order chi connectivity index (χ0) is 22.3. The van der Waals surface area contributed by atoms with Crippen molar-refractivity contribution in [1.82, 2.24) is 5.32 Å². The van der Waals surface area contributed by atoms with Gasteiger partial charge in [0.2, 0.25) is 15.9 Å². The molecular weight excluding hydrogens is 406 g/mol. The van der Waals surface area contributed by atoms with Crippen molar-refractivity contribution < 1.29 is 22.7 Å². The normalized spacial score (nSPS) is 12.0. The first-order valence-electron chi connectivity index (χ1n) is 9.47. The minimum absolute atomic E-state index is 0.0208. The molecule has 9 heteroatoms. The minimum atomic E-state index is -3.77. The van der Waals surface area contributed by atoms with Gasteiger partial charge in [0.05, 0.1) is 30.3 Å². The number of hydrogen-bond donors (Lipinski definition) is 2. The predicted octanol–water partition coefficient (Wildman–Crippen LogP) is 2.63. The third-order valence-electron chi connectivity index (χ3n) is 4.48. The number of rotatable bonds is 9. The van der Waals surface area contributed by atoms with E-state index >= 15 is 0 Å². The van der Waals surface area contributed by atoms with E-state index in [2.05, 4.69) is 10.6 Å². The number of hydrogen-bond acceptors (Lipinski definition) is 5. The summed E-state index contributed by atoms with van der Waals surface area (Å²) < 4.78 is 30.9. The number of methoxy groups -OCH3 is 1. The van der Waals surface area contributed by atoms with E-state index in [9.17, 15) is 18.0 Å². The molecule has 1 atom stereocenters. The Morgan fingerprint density at radius 3 is 2.37 bits per heavy atom. The van der Waals surface area contributed by atoms with Gasteiger partial charge < -0.3 is 15.4 Å².